The molecule has 5 heteroatoms. The summed E-state index contributed by atoms with van der Waals surface area (Å²) in [5, 5.41) is 4.36. The molecule has 1 heterocycles. The fraction of sp³-hybridized carbons (Fsp3) is 0.273. The lowest BCUT2D eigenvalue weighted by Crippen LogP contribution is -2.33. The van der Waals surface area contributed by atoms with Crippen LogP contribution in [0.5, 0.6) is 0 Å². The molecule has 138 valence electrons. The Hall–Kier alpha value is -2.95. The minimum absolute atomic E-state index is 0.0393. The Morgan fingerprint density at radius 1 is 1.19 bits per heavy atom. The van der Waals surface area contributed by atoms with E-state index < -0.39 is 0 Å². The lowest BCUT2D eigenvalue weighted by Gasteiger charge is -2.33. The fourth-order valence-electron chi connectivity index (χ4n) is 3.92. The van der Waals surface area contributed by atoms with E-state index in [4.69, 9.17) is 0 Å². The molecule has 0 radical (unpaired) electrons. The zero-order valence-corrected chi connectivity index (χ0v) is 15.5. The Morgan fingerprint density at radius 3 is 2.70 bits per heavy atom. The summed E-state index contributed by atoms with van der Waals surface area (Å²) >= 11 is 0. The molecule has 3 aromatic rings. The molecule has 4 rings (SSSR count). The molecule has 1 atom stereocenters. The van der Waals surface area contributed by atoms with Crippen molar-refractivity contribution in [2.24, 2.45) is 0 Å². The van der Waals surface area contributed by atoms with Gasteiger partial charge in [0.1, 0.15) is 5.82 Å². The van der Waals surface area contributed by atoms with Gasteiger partial charge in [0.15, 0.2) is 0 Å². The van der Waals surface area contributed by atoms with Gasteiger partial charge >= 0.3 is 0 Å². The Balaban J connectivity index is 1.63. The van der Waals surface area contributed by atoms with Crippen molar-refractivity contribution in [3.05, 3.63) is 82.9 Å². The van der Waals surface area contributed by atoms with E-state index in [-0.39, 0.29) is 17.8 Å². The third-order valence-corrected chi connectivity index (χ3v) is 5.44. The van der Waals surface area contributed by atoms with Crippen LogP contribution in [0.15, 0.2) is 54.7 Å². The number of halogens is 1. The van der Waals surface area contributed by atoms with E-state index >= 15 is 0 Å². The Kier molecular flexibility index (Phi) is 4.52. The second-order valence-corrected chi connectivity index (χ2v) is 7.05. The molecule has 1 aromatic heterocycles. The van der Waals surface area contributed by atoms with Gasteiger partial charge in [-0.1, -0.05) is 24.3 Å². The van der Waals surface area contributed by atoms with Gasteiger partial charge in [0, 0.05) is 7.05 Å². The Bertz CT molecular complexity index is 977. The van der Waals surface area contributed by atoms with E-state index in [9.17, 15) is 9.18 Å². The summed E-state index contributed by atoms with van der Waals surface area (Å²) in [6, 6.07) is 14.5. The van der Waals surface area contributed by atoms with Gasteiger partial charge < -0.3 is 4.90 Å². The molecule has 0 bridgehead atoms. The van der Waals surface area contributed by atoms with Crippen molar-refractivity contribution in [2.75, 3.05) is 7.05 Å². The first kappa shape index (κ1) is 17.5. The number of carbonyl (C=O) groups is 1. The van der Waals surface area contributed by atoms with E-state index in [2.05, 4.69) is 23.3 Å². The summed E-state index contributed by atoms with van der Waals surface area (Å²) in [5.41, 5.74) is 4.63. The molecule has 0 fully saturated rings. The maximum Gasteiger partial charge on any atom is 0.257 e. The summed E-state index contributed by atoms with van der Waals surface area (Å²) in [6.07, 6.45) is 4.71. The fourth-order valence-corrected chi connectivity index (χ4v) is 3.92. The highest BCUT2D eigenvalue weighted by Crippen LogP contribution is 2.34. The van der Waals surface area contributed by atoms with Crippen molar-refractivity contribution in [1.29, 1.82) is 0 Å². The first-order chi connectivity index (χ1) is 13.1. The van der Waals surface area contributed by atoms with Crippen LogP contribution < -0.4 is 0 Å². The van der Waals surface area contributed by atoms with Crippen LogP contribution in [0.3, 0.4) is 0 Å². The number of nitrogens with zero attached hydrogens (tertiary/aromatic N) is 3. The first-order valence-electron chi connectivity index (χ1n) is 9.22. The van der Waals surface area contributed by atoms with Crippen LogP contribution in [-0.4, -0.2) is 27.6 Å². The van der Waals surface area contributed by atoms with Crippen LogP contribution in [0.1, 0.15) is 46.1 Å². The highest BCUT2D eigenvalue weighted by atomic mass is 19.1. The molecule has 0 saturated carbocycles. The number of carbonyl (C=O) groups excluding carboxylic acids is 1. The van der Waals surface area contributed by atoms with E-state index in [0.29, 0.717) is 5.56 Å². The highest BCUT2D eigenvalue weighted by molar-refractivity contribution is 5.95. The summed E-state index contributed by atoms with van der Waals surface area (Å²) in [4.78, 5) is 15.0. The van der Waals surface area contributed by atoms with Crippen LogP contribution in [0.4, 0.5) is 4.39 Å². The topological polar surface area (TPSA) is 38.1 Å². The Labute approximate surface area is 158 Å². The van der Waals surface area contributed by atoms with E-state index in [1.807, 2.05) is 24.9 Å². The minimum atomic E-state index is -0.296. The van der Waals surface area contributed by atoms with Crippen LogP contribution in [0.25, 0.3) is 5.69 Å². The monoisotopic (exact) mass is 363 g/mol. The summed E-state index contributed by atoms with van der Waals surface area (Å²) in [7, 11) is 1.86. The normalized spacial score (nSPS) is 16.0. The SMILES string of the molecule is Cc1c(C(=O)N(C)C2CCCc3ccccc32)cnn1-c1ccc(F)cc1. The predicted molar refractivity (Wildman–Crippen MR) is 102 cm³/mol. The zero-order valence-electron chi connectivity index (χ0n) is 15.5. The molecule has 2 aromatic carbocycles. The summed E-state index contributed by atoms with van der Waals surface area (Å²) in [6.45, 7) is 1.87. The average molecular weight is 363 g/mol. The standard InChI is InChI=1S/C22H22FN3O/c1-15-20(14-24-26(15)18-12-10-17(23)11-13-18)22(27)25(2)21-9-5-7-16-6-3-4-8-19(16)21/h3-4,6,8,10-14,21H,5,7,9H2,1-2H3. The molecular formula is C22H22FN3O. The number of rotatable bonds is 3. The van der Waals surface area contributed by atoms with Crippen LogP contribution in [0.2, 0.25) is 0 Å². The Morgan fingerprint density at radius 2 is 1.93 bits per heavy atom. The molecule has 4 nitrogen and oxygen atoms in total. The first-order valence-corrected chi connectivity index (χ1v) is 9.22. The zero-order chi connectivity index (χ0) is 19.0. The van der Waals surface area contributed by atoms with Gasteiger partial charge in [0.05, 0.1) is 29.2 Å². The highest BCUT2D eigenvalue weighted by Gasteiger charge is 2.28. The number of aromatic nitrogens is 2. The molecule has 1 aliphatic carbocycles. The number of hydrogen-bond donors (Lipinski definition) is 0. The van der Waals surface area contributed by atoms with E-state index in [1.165, 1.54) is 23.3 Å². The smallest absolute Gasteiger partial charge is 0.257 e. The van der Waals surface area contributed by atoms with Crippen molar-refractivity contribution in [3.63, 3.8) is 0 Å². The largest absolute Gasteiger partial charge is 0.335 e. The molecule has 1 amide bonds. The molecule has 1 aliphatic rings. The van der Waals surface area contributed by atoms with Crippen molar-refractivity contribution < 1.29 is 9.18 Å². The molecule has 0 spiro atoms. The lowest BCUT2D eigenvalue weighted by molar-refractivity contribution is 0.0714. The molecule has 0 saturated heterocycles. The summed E-state index contributed by atoms with van der Waals surface area (Å²) < 4.78 is 14.9. The van der Waals surface area contributed by atoms with E-state index in [0.717, 1.165) is 30.6 Å². The number of benzene rings is 2. The van der Waals surface area contributed by atoms with Crippen LogP contribution >= 0.6 is 0 Å². The van der Waals surface area contributed by atoms with Crippen LogP contribution in [-0.2, 0) is 6.42 Å². The third kappa shape index (κ3) is 3.14. The van der Waals surface area contributed by atoms with Gasteiger partial charge in [-0.2, -0.15) is 5.10 Å². The molecule has 0 aliphatic heterocycles. The van der Waals surface area contributed by atoms with Gasteiger partial charge in [-0.3, -0.25) is 4.79 Å². The second kappa shape index (κ2) is 6.99. The average Bonchev–Trinajstić information content (AvgIpc) is 3.08. The third-order valence-electron chi connectivity index (χ3n) is 5.44. The van der Waals surface area contributed by atoms with Crippen LogP contribution in [0, 0.1) is 12.7 Å². The molecule has 1 unspecified atom stereocenters. The minimum Gasteiger partial charge on any atom is -0.335 e. The van der Waals surface area contributed by atoms with Crippen molar-refractivity contribution in [2.45, 2.75) is 32.2 Å². The summed E-state index contributed by atoms with van der Waals surface area (Å²) in [5.74, 6) is -0.335. The van der Waals surface area contributed by atoms with Gasteiger partial charge in [-0.15, -0.1) is 0 Å². The molecule has 0 N–H and O–H groups in total. The van der Waals surface area contributed by atoms with Gasteiger partial charge in [0.25, 0.3) is 5.91 Å². The van der Waals surface area contributed by atoms with Gasteiger partial charge in [-0.25, -0.2) is 9.07 Å². The number of hydrogen-bond acceptors (Lipinski definition) is 2. The van der Waals surface area contributed by atoms with Crippen molar-refractivity contribution in [3.8, 4) is 5.69 Å². The van der Waals surface area contributed by atoms with Gasteiger partial charge in [-0.05, 0) is 61.6 Å². The van der Waals surface area contributed by atoms with Crippen molar-refractivity contribution >= 4 is 5.91 Å². The van der Waals surface area contributed by atoms with Gasteiger partial charge in [0.2, 0.25) is 0 Å². The second-order valence-electron chi connectivity index (χ2n) is 7.05. The quantitative estimate of drug-likeness (QED) is 0.689. The maximum atomic E-state index is 13.2. The molecular weight excluding hydrogens is 341 g/mol. The number of fused-ring (bicyclic) bond motifs is 1. The van der Waals surface area contributed by atoms with E-state index in [1.54, 1.807) is 23.0 Å². The number of amides is 1. The lowest BCUT2D eigenvalue weighted by atomic mass is 9.87. The van der Waals surface area contributed by atoms with Crippen molar-refractivity contribution in [1.82, 2.24) is 14.7 Å². The maximum absolute atomic E-state index is 13.2. The molecule has 27 heavy (non-hydrogen) atoms. The predicted octanol–water partition coefficient (Wildman–Crippen LogP) is 4.47. The number of aryl methyl sites for hydroxylation is 1.